The van der Waals surface area contributed by atoms with E-state index in [9.17, 15) is 13.2 Å². The molecule has 1 fully saturated rings. The van der Waals surface area contributed by atoms with Crippen LogP contribution in [0.25, 0.3) is 11.0 Å². The summed E-state index contributed by atoms with van der Waals surface area (Å²) in [4.78, 5) is 19.1. The summed E-state index contributed by atoms with van der Waals surface area (Å²) in [7, 11) is -3.58. The molecule has 2 heterocycles. The summed E-state index contributed by atoms with van der Waals surface area (Å²) in [5, 5.41) is 0. The molecule has 2 aromatic carbocycles. The molecule has 0 atom stereocenters. The zero-order valence-corrected chi connectivity index (χ0v) is 15.9. The van der Waals surface area contributed by atoms with Crippen molar-refractivity contribution in [2.75, 3.05) is 26.2 Å². The first-order chi connectivity index (χ1) is 12.9. The van der Waals surface area contributed by atoms with Gasteiger partial charge in [-0.05, 0) is 36.2 Å². The molecule has 0 radical (unpaired) electrons. The molecule has 1 aromatic heterocycles. The summed E-state index contributed by atoms with van der Waals surface area (Å²) < 4.78 is 27.4. The third kappa shape index (κ3) is 3.55. The Labute approximate surface area is 157 Å². The van der Waals surface area contributed by atoms with E-state index >= 15 is 0 Å². The maximum atomic E-state index is 13.0. The van der Waals surface area contributed by atoms with Gasteiger partial charge in [0.25, 0.3) is 0 Å². The van der Waals surface area contributed by atoms with Crippen LogP contribution in [0.2, 0.25) is 0 Å². The number of aromatic amines is 2. The minimum atomic E-state index is -3.58. The van der Waals surface area contributed by atoms with E-state index in [1.54, 1.807) is 12.1 Å². The average molecular weight is 386 g/mol. The number of fused-ring (bicyclic) bond motifs is 1. The van der Waals surface area contributed by atoms with Crippen LogP contribution in [0.3, 0.4) is 0 Å². The van der Waals surface area contributed by atoms with Gasteiger partial charge in [-0.3, -0.25) is 4.90 Å². The molecule has 2 N–H and O–H groups in total. The number of imidazole rings is 1. The minimum absolute atomic E-state index is 0.206. The maximum Gasteiger partial charge on any atom is 0.323 e. The predicted octanol–water partition coefficient (Wildman–Crippen LogP) is 1.67. The fourth-order valence-corrected chi connectivity index (χ4v) is 4.93. The number of hydrogen-bond donors (Lipinski definition) is 2. The largest absolute Gasteiger partial charge is 0.323 e. The Kier molecular flexibility index (Phi) is 4.63. The smallest absolute Gasteiger partial charge is 0.306 e. The number of sulfonamides is 1. The highest BCUT2D eigenvalue weighted by molar-refractivity contribution is 7.89. The maximum absolute atomic E-state index is 13.0. The van der Waals surface area contributed by atoms with Gasteiger partial charge in [0.05, 0.1) is 15.9 Å². The van der Waals surface area contributed by atoms with Crippen molar-refractivity contribution in [3.8, 4) is 0 Å². The fraction of sp³-hybridized carbons (Fsp3) is 0.316. The van der Waals surface area contributed by atoms with Crippen molar-refractivity contribution in [3.63, 3.8) is 0 Å². The Morgan fingerprint density at radius 3 is 2.41 bits per heavy atom. The summed E-state index contributed by atoms with van der Waals surface area (Å²) in [5.74, 6) is 0. The second kappa shape index (κ2) is 6.95. The van der Waals surface area contributed by atoms with E-state index in [1.807, 2.05) is 12.1 Å². The molecule has 0 bridgehead atoms. The number of nitrogens with one attached hydrogen (secondary N) is 2. The van der Waals surface area contributed by atoms with Crippen LogP contribution < -0.4 is 5.69 Å². The summed E-state index contributed by atoms with van der Waals surface area (Å²) in [6, 6.07) is 12.9. The Hall–Kier alpha value is -2.42. The average Bonchev–Trinajstić information content (AvgIpc) is 3.03. The quantitative estimate of drug-likeness (QED) is 0.714. The fourth-order valence-electron chi connectivity index (χ4n) is 3.48. The molecule has 8 heteroatoms. The van der Waals surface area contributed by atoms with Crippen molar-refractivity contribution in [3.05, 3.63) is 64.1 Å². The van der Waals surface area contributed by atoms with Crippen LogP contribution in [0, 0.1) is 6.92 Å². The SMILES string of the molecule is Cc1ccccc1CN1CCN(S(=O)(=O)c2ccc3[nH]c(=O)[nH]c3c2)CC1. The number of rotatable bonds is 4. The number of aromatic nitrogens is 2. The van der Waals surface area contributed by atoms with Crippen molar-refractivity contribution in [1.29, 1.82) is 0 Å². The topological polar surface area (TPSA) is 89.3 Å². The monoisotopic (exact) mass is 386 g/mol. The van der Waals surface area contributed by atoms with Gasteiger partial charge in [-0.2, -0.15) is 4.31 Å². The number of hydrogen-bond acceptors (Lipinski definition) is 4. The summed E-state index contributed by atoms with van der Waals surface area (Å²) >= 11 is 0. The lowest BCUT2D eigenvalue weighted by Gasteiger charge is -2.34. The summed E-state index contributed by atoms with van der Waals surface area (Å²) in [6.45, 7) is 5.22. The number of benzene rings is 2. The molecule has 4 rings (SSSR count). The Morgan fingerprint density at radius 1 is 0.963 bits per heavy atom. The van der Waals surface area contributed by atoms with Crippen LogP contribution in [0.4, 0.5) is 0 Å². The first-order valence-electron chi connectivity index (χ1n) is 8.92. The highest BCUT2D eigenvalue weighted by Crippen LogP contribution is 2.21. The molecule has 1 aliphatic rings. The molecule has 0 unspecified atom stereocenters. The molecule has 3 aromatic rings. The molecular weight excluding hydrogens is 364 g/mol. The minimum Gasteiger partial charge on any atom is -0.306 e. The van der Waals surface area contributed by atoms with Gasteiger partial charge in [-0.25, -0.2) is 13.2 Å². The van der Waals surface area contributed by atoms with Gasteiger partial charge >= 0.3 is 5.69 Å². The van der Waals surface area contributed by atoms with Crippen LogP contribution >= 0.6 is 0 Å². The Bertz CT molecular complexity index is 1130. The molecule has 1 saturated heterocycles. The lowest BCUT2D eigenvalue weighted by atomic mass is 10.1. The standard InChI is InChI=1S/C19H22N4O3S/c1-14-4-2-3-5-15(14)13-22-8-10-23(11-9-22)27(25,26)16-6-7-17-18(12-16)21-19(24)20-17/h2-7,12H,8-11,13H2,1H3,(H2,20,21,24). The molecule has 0 aliphatic carbocycles. The first-order valence-corrected chi connectivity index (χ1v) is 10.4. The van der Waals surface area contributed by atoms with Crippen molar-refractivity contribution in [2.24, 2.45) is 0 Å². The van der Waals surface area contributed by atoms with Gasteiger partial charge in [0.1, 0.15) is 0 Å². The van der Waals surface area contributed by atoms with Crippen LogP contribution in [0.5, 0.6) is 0 Å². The van der Waals surface area contributed by atoms with E-state index in [4.69, 9.17) is 0 Å². The number of nitrogens with zero attached hydrogens (tertiary/aromatic N) is 2. The van der Waals surface area contributed by atoms with Crippen molar-refractivity contribution in [1.82, 2.24) is 19.2 Å². The Morgan fingerprint density at radius 2 is 1.67 bits per heavy atom. The van der Waals surface area contributed by atoms with Gasteiger partial charge < -0.3 is 9.97 Å². The lowest BCUT2D eigenvalue weighted by molar-refractivity contribution is 0.181. The zero-order chi connectivity index (χ0) is 19.0. The van der Waals surface area contributed by atoms with E-state index in [0.29, 0.717) is 37.2 Å². The van der Waals surface area contributed by atoms with E-state index in [-0.39, 0.29) is 10.6 Å². The van der Waals surface area contributed by atoms with Crippen LogP contribution in [-0.4, -0.2) is 53.8 Å². The van der Waals surface area contributed by atoms with Crippen LogP contribution in [-0.2, 0) is 16.6 Å². The molecule has 0 spiro atoms. The van der Waals surface area contributed by atoms with Crippen molar-refractivity contribution < 1.29 is 8.42 Å². The van der Waals surface area contributed by atoms with E-state index < -0.39 is 10.0 Å². The molecule has 7 nitrogen and oxygen atoms in total. The second-order valence-corrected chi connectivity index (χ2v) is 8.83. The van der Waals surface area contributed by atoms with Crippen LogP contribution in [0.1, 0.15) is 11.1 Å². The molecular formula is C19H22N4O3S. The van der Waals surface area contributed by atoms with E-state index in [1.165, 1.54) is 21.5 Å². The van der Waals surface area contributed by atoms with Gasteiger partial charge in [0.2, 0.25) is 10.0 Å². The molecule has 0 amide bonds. The number of aryl methyl sites for hydroxylation is 1. The number of piperazine rings is 1. The van der Waals surface area contributed by atoms with Crippen LogP contribution in [0.15, 0.2) is 52.2 Å². The molecule has 27 heavy (non-hydrogen) atoms. The van der Waals surface area contributed by atoms with Gasteiger partial charge in [-0.15, -0.1) is 0 Å². The van der Waals surface area contributed by atoms with Gasteiger partial charge in [0, 0.05) is 32.7 Å². The van der Waals surface area contributed by atoms with E-state index in [0.717, 1.165) is 6.54 Å². The third-order valence-corrected chi connectivity index (χ3v) is 7.01. The Balaban J connectivity index is 1.47. The predicted molar refractivity (Wildman–Crippen MR) is 104 cm³/mol. The van der Waals surface area contributed by atoms with Crippen molar-refractivity contribution in [2.45, 2.75) is 18.4 Å². The molecule has 1 aliphatic heterocycles. The molecule has 0 saturated carbocycles. The van der Waals surface area contributed by atoms with Gasteiger partial charge in [-0.1, -0.05) is 24.3 Å². The number of H-pyrrole nitrogens is 2. The van der Waals surface area contributed by atoms with Gasteiger partial charge in [0.15, 0.2) is 0 Å². The summed E-state index contributed by atoms with van der Waals surface area (Å²) in [6.07, 6.45) is 0. The highest BCUT2D eigenvalue weighted by atomic mass is 32.2. The summed E-state index contributed by atoms with van der Waals surface area (Å²) in [5.41, 5.74) is 3.28. The highest BCUT2D eigenvalue weighted by Gasteiger charge is 2.28. The third-order valence-electron chi connectivity index (χ3n) is 5.11. The first kappa shape index (κ1) is 18.0. The molecule has 142 valence electrons. The zero-order valence-electron chi connectivity index (χ0n) is 15.1. The van der Waals surface area contributed by atoms with E-state index in [2.05, 4.69) is 33.9 Å². The second-order valence-electron chi connectivity index (χ2n) is 6.89. The van der Waals surface area contributed by atoms with Crippen molar-refractivity contribution >= 4 is 21.1 Å². The normalized spacial score (nSPS) is 16.8. The lowest BCUT2D eigenvalue weighted by Crippen LogP contribution is -2.48.